The summed E-state index contributed by atoms with van der Waals surface area (Å²) in [5.74, 6) is 0. The van der Waals surface area contributed by atoms with Crippen LogP contribution < -0.4 is 0 Å². The third-order valence-electron chi connectivity index (χ3n) is 2.76. The zero-order valence-corrected chi connectivity index (χ0v) is 9.36. The number of imidazole rings is 1. The van der Waals surface area contributed by atoms with Crippen LogP contribution in [0.5, 0.6) is 0 Å². The highest BCUT2D eigenvalue weighted by Gasteiger charge is 2.16. The summed E-state index contributed by atoms with van der Waals surface area (Å²) in [5.41, 5.74) is 3.86. The average molecular weight is 204 g/mol. The summed E-state index contributed by atoms with van der Waals surface area (Å²) >= 11 is 0. The van der Waals surface area contributed by atoms with Crippen LogP contribution in [0.25, 0.3) is 5.65 Å². The van der Waals surface area contributed by atoms with Gasteiger partial charge in [0.1, 0.15) is 5.65 Å². The van der Waals surface area contributed by atoms with E-state index in [0.717, 1.165) is 22.7 Å². The van der Waals surface area contributed by atoms with Crippen molar-refractivity contribution in [2.75, 3.05) is 0 Å². The molecule has 0 spiro atoms. The molecule has 0 aliphatic rings. The minimum absolute atomic E-state index is 0.430. The maximum absolute atomic E-state index is 9.96. The molecular weight excluding hydrogens is 188 g/mol. The first-order chi connectivity index (χ1) is 7.15. The van der Waals surface area contributed by atoms with Gasteiger partial charge in [0.05, 0.1) is 17.5 Å². The summed E-state index contributed by atoms with van der Waals surface area (Å²) in [6, 6.07) is 5.98. The number of aromatic nitrogens is 2. The third-order valence-corrected chi connectivity index (χ3v) is 2.76. The number of nitrogens with zero attached hydrogens (tertiary/aromatic N) is 2. The topological polar surface area (TPSA) is 37.5 Å². The summed E-state index contributed by atoms with van der Waals surface area (Å²) < 4.78 is 2.03. The Morgan fingerprint density at radius 2 is 2.13 bits per heavy atom. The van der Waals surface area contributed by atoms with Gasteiger partial charge >= 0.3 is 0 Å². The molecular formula is C12H16N2O. The molecule has 80 valence electrons. The van der Waals surface area contributed by atoms with Gasteiger partial charge in [-0.3, -0.25) is 4.40 Å². The predicted octanol–water partition coefficient (Wildman–Crippen LogP) is 2.39. The van der Waals surface area contributed by atoms with E-state index in [4.69, 9.17) is 0 Å². The van der Waals surface area contributed by atoms with E-state index in [1.807, 2.05) is 43.4 Å². The van der Waals surface area contributed by atoms with Crippen molar-refractivity contribution >= 4 is 5.65 Å². The third kappa shape index (κ3) is 1.53. The van der Waals surface area contributed by atoms with E-state index >= 15 is 0 Å². The van der Waals surface area contributed by atoms with Crippen molar-refractivity contribution in [3.63, 3.8) is 0 Å². The molecule has 0 fully saturated rings. The molecule has 0 aliphatic carbocycles. The van der Waals surface area contributed by atoms with E-state index in [1.165, 1.54) is 0 Å². The van der Waals surface area contributed by atoms with Gasteiger partial charge in [0.15, 0.2) is 0 Å². The van der Waals surface area contributed by atoms with Crippen LogP contribution in [0.15, 0.2) is 18.2 Å². The van der Waals surface area contributed by atoms with Crippen LogP contribution in [0.2, 0.25) is 0 Å². The Morgan fingerprint density at radius 3 is 2.80 bits per heavy atom. The number of fused-ring (bicyclic) bond motifs is 1. The molecule has 1 atom stereocenters. The minimum atomic E-state index is -0.430. The Bertz CT molecular complexity index is 488. The predicted molar refractivity (Wildman–Crippen MR) is 59.9 cm³/mol. The largest absolute Gasteiger partial charge is 0.387 e. The van der Waals surface area contributed by atoms with Crippen molar-refractivity contribution < 1.29 is 5.11 Å². The van der Waals surface area contributed by atoms with Crippen molar-refractivity contribution in [3.8, 4) is 0 Å². The van der Waals surface area contributed by atoms with E-state index < -0.39 is 6.10 Å². The molecule has 3 nitrogen and oxygen atoms in total. The standard InChI is InChI=1S/C12H16N2O/c1-4-10(15)12-9(3)13-11-7-5-6-8(2)14(11)12/h5-7,10,15H,4H2,1-3H3. The lowest BCUT2D eigenvalue weighted by atomic mass is 10.1. The van der Waals surface area contributed by atoms with Gasteiger partial charge in [-0.15, -0.1) is 0 Å². The smallest absolute Gasteiger partial charge is 0.137 e. The molecule has 2 rings (SSSR count). The number of rotatable bonds is 2. The molecule has 0 saturated heterocycles. The number of hydrogen-bond acceptors (Lipinski definition) is 2. The van der Waals surface area contributed by atoms with E-state index in [9.17, 15) is 5.11 Å². The Balaban J connectivity index is 2.76. The Kier molecular flexibility index (Phi) is 2.49. The normalized spacial score (nSPS) is 13.3. The van der Waals surface area contributed by atoms with Gasteiger partial charge in [0.2, 0.25) is 0 Å². The first-order valence-corrected chi connectivity index (χ1v) is 5.27. The summed E-state index contributed by atoms with van der Waals surface area (Å²) in [7, 11) is 0. The lowest BCUT2D eigenvalue weighted by Crippen LogP contribution is -2.04. The van der Waals surface area contributed by atoms with Crippen LogP contribution in [0.4, 0.5) is 0 Å². The second-order valence-corrected chi connectivity index (χ2v) is 3.87. The van der Waals surface area contributed by atoms with Crippen molar-refractivity contribution in [3.05, 3.63) is 35.3 Å². The fourth-order valence-electron chi connectivity index (χ4n) is 1.98. The van der Waals surface area contributed by atoms with Gasteiger partial charge < -0.3 is 5.11 Å². The number of aliphatic hydroxyl groups excluding tert-OH is 1. The maximum Gasteiger partial charge on any atom is 0.137 e. The molecule has 1 N–H and O–H groups in total. The molecule has 3 heteroatoms. The molecule has 0 aliphatic heterocycles. The highest BCUT2D eigenvalue weighted by Crippen LogP contribution is 2.23. The number of aliphatic hydroxyl groups is 1. The van der Waals surface area contributed by atoms with E-state index in [-0.39, 0.29) is 0 Å². The van der Waals surface area contributed by atoms with Crippen molar-refractivity contribution in [2.24, 2.45) is 0 Å². The summed E-state index contributed by atoms with van der Waals surface area (Å²) in [5, 5.41) is 9.96. The second-order valence-electron chi connectivity index (χ2n) is 3.87. The number of pyridine rings is 1. The van der Waals surface area contributed by atoms with Gasteiger partial charge in [0, 0.05) is 5.69 Å². The van der Waals surface area contributed by atoms with Gasteiger partial charge in [0.25, 0.3) is 0 Å². The first-order valence-electron chi connectivity index (χ1n) is 5.27. The SMILES string of the molecule is CCC(O)c1c(C)nc2cccc(C)n12. The van der Waals surface area contributed by atoms with E-state index in [1.54, 1.807) is 0 Å². The fourth-order valence-corrected chi connectivity index (χ4v) is 1.98. The molecule has 0 aromatic carbocycles. The molecule has 1 unspecified atom stereocenters. The van der Waals surface area contributed by atoms with E-state index in [2.05, 4.69) is 4.98 Å². The molecule has 0 saturated carbocycles. The van der Waals surface area contributed by atoms with E-state index in [0.29, 0.717) is 6.42 Å². The van der Waals surface area contributed by atoms with Gasteiger partial charge in [-0.05, 0) is 32.4 Å². The first kappa shape index (κ1) is 10.2. The van der Waals surface area contributed by atoms with Crippen LogP contribution >= 0.6 is 0 Å². The van der Waals surface area contributed by atoms with Crippen molar-refractivity contribution in [1.29, 1.82) is 0 Å². The van der Waals surface area contributed by atoms with Crippen LogP contribution in [-0.2, 0) is 0 Å². The van der Waals surface area contributed by atoms with Crippen molar-refractivity contribution in [1.82, 2.24) is 9.38 Å². The van der Waals surface area contributed by atoms with Gasteiger partial charge in [-0.25, -0.2) is 4.98 Å². The molecule has 0 amide bonds. The zero-order valence-electron chi connectivity index (χ0n) is 9.36. The summed E-state index contributed by atoms with van der Waals surface area (Å²) in [4.78, 5) is 4.45. The zero-order chi connectivity index (χ0) is 11.0. The van der Waals surface area contributed by atoms with Crippen LogP contribution in [0.3, 0.4) is 0 Å². The molecule has 0 radical (unpaired) electrons. The van der Waals surface area contributed by atoms with Crippen LogP contribution in [-0.4, -0.2) is 14.5 Å². The Labute approximate surface area is 89.4 Å². The number of aryl methyl sites for hydroxylation is 2. The molecule has 2 aromatic heterocycles. The fraction of sp³-hybridized carbons (Fsp3) is 0.417. The van der Waals surface area contributed by atoms with Gasteiger partial charge in [-0.1, -0.05) is 13.0 Å². The Morgan fingerprint density at radius 1 is 1.40 bits per heavy atom. The Hall–Kier alpha value is -1.35. The summed E-state index contributed by atoms with van der Waals surface area (Å²) in [6.07, 6.45) is 0.282. The highest BCUT2D eigenvalue weighted by atomic mass is 16.3. The quantitative estimate of drug-likeness (QED) is 0.815. The molecule has 0 bridgehead atoms. The lowest BCUT2D eigenvalue weighted by Gasteiger charge is -2.10. The van der Waals surface area contributed by atoms with Crippen LogP contribution in [0, 0.1) is 13.8 Å². The van der Waals surface area contributed by atoms with Crippen LogP contribution in [0.1, 0.15) is 36.5 Å². The van der Waals surface area contributed by atoms with Gasteiger partial charge in [-0.2, -0.15) is 0 Å². The highest BCUT2D eigenvalue weighted by molar-refractivity contribution is 5.45. The molecule has 2 aromatic rings. The lowest BCUT2D eigenvalue weighted by molar-refractivity contribution is 0.167. The van der Waals surface area contributed by atoms with Crippen molar-refractivity contribution in [2.45, 2.75) is 33.3 Å². The molecule has 2 heterocycles. The maximum atomic E-state index is 9.96. The minimum Gasteiger partial charge on any atom is -0.387 e. The number of hydrogen-bond donors (Lipinski definition) is 1. The summed E-state index contributed by atoms with van der Waals surface area (Å²) in [6.45, 7) is 5.95. The average Bonchev–Trinajstić information content (AvgIpc) is 2.55. The monoisotopic (exact) mass is 204 g/mol. The second kappa shape index (κ2) is 3.66. The molecule has 15 heavy (non-hydrogen) atoms.